The Balaban J connectivity index is 0.00000210. The van der Waals surface area contributed by atoms with Gasteiger partial charge in [0.25, 0.3) is 0 Å². The van der Waals surface area contributed by atoms with Gasteiger partial charge < -0.3 is 26.5 Å². The Morgan fingerprint density at radius 1 is 0.889 bits per heavy atom. The number of nitrogens with zero attached hydrogens (tertiary/aromatic N) is 1. The predicted molar refractivity (Wildman–Crippen MR) is 104 cm³/mol. The maximum Gasteiger partial charge on any atom is 0.213 e. The van der Waals surface area contributed by atoms with Crippen LogP contribution in [0.15, 0.2) is 66.9 Å². The van der Waals surface area contributed by atoms with Crippen LogP contribution in [0.1, 0.15) is 24.0 Å². The Hall–Kier alpha value is -2.01. The second-order valence-electron chi connectivity index (χ2n) is 6.54. The summed E-state index contributed by atoms with van der Waals surface area (Å²) in [6.07, 6.45) is 8.30. The number of hydrogen-bond donors (Lipinski definition) is 0. The first-order valence-electron chi connectivity index (χ1n) is 9.28. The zero-order valence-corrected chi connectivity index (χ0v) is 16.8. The van der Waals surface area contributed by atoms with Gasteiger partial charge in [0, 0.05) is 12.1 Å². The van der Waals surface area contributed by atoms with Crippen molar-refractivity contribution in [2.45, 2.75) is 25.7 Å². The van der Waals surface area contributed by atoms with Crippen LogP contribution in [-0.4, -0.2) is 19.5 Å². The Kier molecular flexibility index (Phi) is 7.16. The number of pyridine rings is 1. The number of para-hydroxylation sites is 1. The molecule has 0 unspecified atom stereocenters. The molecule has 2 heterocycles. The van der Waals surface area contributed by atoms with Crippen LogP contribution in [0, 0.1) is 0 Å². The lowest BCUT2D eigenvalue weighted by atomic mass is 10.1. The minimum absolute atomic E-state index is 0. The summed E-state index contributed by atoms with van der Waals surface area (Å²) in [6, 6.07) is 21.1. The molecule has 1 aliphatic rings. The summed E-state index contributed by atoms with van der Waals surface area (Å²) in [4.78, 5) is 0. The molecule has 1 saturated heterocycles. The van der Waals surface area contributed by atoms with Crippen LogP contribution < -0.4 is 21.5 Å². The molecule has 0 aliphatic carbocycles. The van der Waals surface area contributed by atoms with Gasteiger partial charge in [0.1, 0.15) is 0 Å². The maximum absolute atomic E-state index is 5.68. The quantitative estimate of drug-likeness (QED) is 0.577. The van der Waals surface area contributed by atoms with Crippen molar-refractivity contribution in [3.63, 3.8) is 0 Å². The maximum atomic E-state index is 5.68. The lowest BCUT2D eigenvalue weighted by Crippen LogP contribution is -3.00. The summed E-state index contributed by atoms with van der Waals surface area (Å²) in [5.74, 6) is 0. The smallest absolute Gasteiger partial charge is 0.213 e. The molecule has 3 aromatic rings. The first-order chi connectivity index (χ1) is 12.9. The van der Waals surface area contributed by atoms with Gasteiger partial charge in [-0.2, -0.15) is 4.57 Å². The topological polar surface area (TPSA) is 22.3 Å². The molecule has 0 spiro atoms. The molecule has 0 amide bonds. The van der Waals surface area contributed by atoms with Crippen molar-refractivity contribution in [1.82, 2.24) is 0 Å². The van der Waals surface area contributed by atoms with Crippen LogP contribution in [0.5, 0.6) is 0 Å². The summed E-state index contributed by atoms with van der Waals surface area (Å²) in [7, 11) is 0. The van der Waals surface area contributed by atoms with Gasteiger partial charge in [-0.1, -0.05) is 54.6 Å². The van der Waals surface area contributed by atoms with Gasteiger partial charge in [-0.15, -0.1) is 0 Å². The van der Waals surface area contributed by atoms with Crippen molar-refractivity contribution in [2.75, 3.05) is 13.2 Å². The highest BCUT2D eigenvalue weighted by molar-refractivity contribution is 5.88. The van der Waals surface area contributed by atoms with Gasteiger partial charge in [-0.3, -0.25) is 0 Å². The first-order valence-corrected chi connectivity index (χ1v) is 9.28. The van der Waals surface area contributed by atoms with Crippen molar-refractivity contribution >= 4 is 23.1 Å². The molecule has 3 nitrogen and oxygen atoms in total. The molecule has 27 heavy (non-hydrogen) atoms. The minimum Gasteiger partial charge on any atom is -1.00 e. The number of ether oxygens (including phenoxy) is 2. The van der Waals surface area contributed by atoms with Crippen LogP contribution in [0.4, 0.5) is 0 Å². The largest absolute Gasteiger partial charge is 1.00 e. The van der Waals surface area contributed by atoms with Crippen molar-refractivity contribution in [3.05, 3.63) is 78.0 Å². The molecule has 4 heteroatoms. The van der Waals surface area contributed by atoms with Crippen LogP contribution in [0.3, 0.4) is 0 Å². The van der Waals surface area contributed by atoms with E-state index in [1.807, 2.05) is 6.07 Å². The number of aryl methyl sites for hydroxylation is 1. The number of fused-ring (bicyclic) bond motifs is 1. The summed E-state index contributed by atoms with van der Waals surface area (Å²) in [5.41, 5.74) is 3.67. The van der Waals surface area contributed by atoms with E-state index in [1.54, 1.807) is 0 Å². The summed E-state index contributed by atoms with van der Waals surface area (Å²) < 4.78 is 13.6. The van der Waals surface area contributed by atoms with E-state index in [0.29, 0.717) is 0 Å². The van der Waals surface area contributed by atoms with E-state index in [1.165, 1.54) is 22.0 Å². The van der Waals surface area contributed by atoms with E-state index in [4.69, 9.17) is 9.47 Å². The molecular weight excluding hydrogens is 402 g/mol. The lowest BCUT2D eigenvalue weighted by molar-refractivity contribution is -0.673. The average molecular weight is 426 g/mol. The molecule has 140 valence electrons. The zero-order chi connectivity index (χ0) is 17.6. The molecule has 0 atom stereocenters. The molecule has 0 radical (unpaired) electrons. The molecule has 1 aromatic heterocycles. The molecular formula is C23H24BrNO2. The average Bonchev–Trinajstić information content (AvgIpc) is 2.72. The number of halogens is 1. The monoisotopic (exact) mass is 425 g/mol. The second kappa shape index (κ2) is 9.79. The number of aromatic nitrogens is 1. The Morgan fingerprint density at radius 2 is 1.63 bits per heavy atom. The van der Waals surface area contributed by atoms with E-state index >= 15 is 0 Å². The van der Waals surface area contributed by atoms with E-state index in [0.717, 1.165) is 32.6 Å². The highest BCUT2D eigenvalue weighted by atomic mass is 79.9. The Labute approximate surface area is 171 Å². The van der Waals surface area contributed by atoms with E-state index in [9.17, 15) is 0 Å². The third-order valence-corrected chi connectivity index (χ3v) is 4.72. The van der Waals surface area contributed by atoms with E-state index in [2.05, 4.69) is 77.5 Å². The highest BCUT2D eigenvalue weighted by Gasteiger charge is 2.18. The van der Waals surface area contributed by atoms with Crippen molar-refractivity contribution in [1.29, 1.82) is 0 Å². The van der Waals surface area contributed by atoms with Crippen LogP contribution in [0.25, 0.3) is 23.1 Å². The lowest BCUT2D eigenvalue weighted by Gasteiger charge is -2.22. The molecule has 2 aromatic carbocycles. The molecule has 0 N–H and O–H groups in total. The fourth-order valence-corrected chi connectivity index (χ4v) is 3.35. The van der Waals surface area contributed by atoms with Gasteiger partial charge in [-0.25, -0.2) is 0 Å². The Bertz CT molecular complexity index is 889. The van der Waals surface area contributed by atoms with Gasteiger partial charge in [-0.05, 0) is 23.6 Å². The number of benzene rings is 2. The predicted octanol–water partition coefficient (Wildman–Crippen LogP) is 1.45. The second-order valence-corrected chi connectivity index (χ2v) is 6.54. The van der Waals surface area contributed by atoms with Gasteiger partial charge in [0.2, 0.25) is 5.52 Å². The van der Waals surface area contributed by atoms with Gasteiger partial charge in [0.05, 0.1) is 25.0 Å². The summed E-state index contributed by atoms with van der Waals surface area (Å²) in [6.45, 7) is 2.49. The molecule has 4 rings (SSSR count). The summed E-state index contributed by atoms with van der Waals surface area (Å²) >= 11 is 0. The van der Waals surface area contributed by atoms with Crippen LogP contribution in [-0.2, 0) is 16.0 Å². The van der Waals surface area contributed by atoms with Gasteiger partial charge in [0.15, 0.2) is 19.0 Å². The molecule has 0 saturated carbocycles. The van der Waals surface area contributed by atoms with Gasteiger partial charge >= 0.3 is 0 Å². The number of hydrogen-bond acceptors (Lipinski definition) is 2. The highest BCUT2D eigenvalue weighted by Crippen LogP contribution is 2.18. The third-order valence-electron chi connectivity index (χ3n) is 4.72. The third kappa shape index (κ3) is 5.04. The minimum atomic E-state index is -0.0762. The SMILES string of the molecule is C(=C\c1cc[n+](CCC2OCCCO2)c2ccccc12)/c1ccccc1.[Br-]. The first kappa shape index (κ1) is 19.7. The van der Waals surface area contributed by atoms with E-state index < -0.39 is 0 Å². The van der Waals surface area contributed by atoms with E-state index in [-0.39, 0.29) is 23.3 Å². The molecule has 1 fully saturated rings. The van der Waals surface area contributed by atoms with Crippen molar-refractivity contribution in [3.8, 4) is 0 Å². The van der Waals surface area contributed by atoms with Crippen LogP contribution >= 0.6 is 0 Å². The fraction of sp³-hybridized carbons (Fsp3) is 0.261. The molecule has 1 aliphatic heterocycles. The zero-order valence-electron chi connectivity index (χ0n) is 15.3. The van der Waals surface area contributed by atoms with Crippen LogP contribution in [0.2, 0.25) is 0 Å². The Morgan fingerprint density at radius 3 is 2.44 bits per heavy atom. The van der Waals surface area contributed by atoms with Crippen molar-refractivity contribution < 1.29 is 31.0 Å². The van der Waals surface area contributed by atoms with Crippen molar-refractivity contribution in [2.24, 2.45) is 0 Å². The summed E-state index contributed by atoms with van der Waals surface area (Å²) in [5, 5.41) is 1.26. The molecule has 0 bridgehead atoms. The number of rotatable bonds is 5. The fourth-order valence-electron chi connectivity index (χ4n) is 3.35. The standard InChI is InChI=1S/C23H24NO2.BrH/c1-2-7-19(8-3-1)11-12-20-13-15-24(22-10-5-4-9-21(20)22)16-14-23-25-17-6-18-26-23;/h1-5,7-13,15,23H,6,14,16-18H2;1H/q+1;/p-1/b12-11+;. The normalized spacial score (nSPS) is 15.1.